The zero-order valence-electron chi connectivity index (χ0n) is 13.1. The van der Waals surface area contributed by atoms with Gasteiger partial charge in [-0.3, -0.25) is 4.79 Å². The van der Waals surface area contributed by atoms with Crippen molar-refractivity contribution < 1.29 is 30.8 Å². The smallest absolute Gasteiger partial charge is 0.430 e. The third kappa shape index (κ3) is 4.10. The number of alkyl halides is 3. The minimum absolute atomic E-state index is 0.00139. The van der Waals surface area contributed by atoms with E-state index in [0.29, 0.717) is 16.1 Å². The average molecular weight is 377 g/mol. The average Bonchev–Trinajstić information content (AvgIpc) is 2.95. The van der Waals surface area contributed by atoms with Gasteiger partial charge in [-0.05, 0) is 24.6 Å². The molecule has 1 atom stereocenters. The van der Waals surface area contributed by atoms with E-state index in [9.17, 15) is 26.4 Å². The van der Waals surface area contributed by atoms with Crippen molar-refractivity contribution in [3.05, 3.63) is 41.8 Å². The number of benzene rings is 1. The summed E-state index contributed by atoms with van der Waals surface area (Å²) < 4.78 is 67.1. The van der Waals surface area contributed by atoms with Crippen LogP contribution < -0.4 is 10.0 Å². The highest BCUT2D eigenvalue weighted by molar-refractivity contribution is 7.92. The van der Waals surface area contributed by atoms with E-state index in [1.54, 1.807) is 6.92 Å². The van der Waals surface area contributed by atoms with Gasteiger partial charge in [0.15, 0.2) is 5.69 Å². The molecule has 2 rings (SSSR count). The summed E-state index contributed by atoms with van der Waals surface area (Å²) in [6.45, 7) is 1.56. The number of aromatic nitrogens is 1. The van der Waals surface area contributed by atoms with Crippen LogP contribution in [-0.2, 0) is 21.0 Å². The zero-order chi connectivity index (χ0) is 19.0. The van der Waals surface area contributed by atoms with Crippen LogP contribution in [0.4, 0.5) is 24.9 Å². The first-order valence-electron chi connectivity index (χ1n) is 6.83. The van der Waals surface area contributed by atoms with Crippen molar-refractivity contribution in [1.82, 2.24) is 4.98 Å². The van der Waals surface area contributed by atoms with Gasteiger partial charge in [0.2, 0.25) is 15.9 Å². The van der Waals surface area contributed by atoms with E-state index in [1.807, 2.05) is 0 Å². The molecule has 1 aromatic carbocycles. The molecule has 0 saturated carbocycles. The maximum atomic E-state index is 12.6. The summed E-state index contributed by atoms with van der Waals surface area (Å²) in [6, 6.07) is 4.76. The molecule has 1 amide bonds. The first-order valence-corrected chi connectivity index (χ1v) is 8.68. The monoisotopic (exact) mass is 377 g/mol. The highest BCUT2D eigenvalue weighted by Crippen LogP contribution is 2.34. The Bertz CT molecular complexity index is 875. The lowest BCUT2D eigenvalue weighted by molar-refractivity contribution is -0.141. The largest absolute Gasteiger partial charge is 0.436 e. The molecule has 0 spiro atoms. The SMILES string of the molecule is C[C@H](C(N)=O)c1ccc(N(c2nc(C(F)(F)F)co2)S(C)(=O)=O)cc1. The number of anilines is 2. The molecule has 1 heterocycles. The number of hydrogen-bond donors (Lipinski definition) is 1. The van der Waals surface area contributed by atoms with Crippen LogP contribution in [0.15, 0.2) is 34.9 Å². The fourth-order valence-corrected chi connectivity index (χ4v) is 2.87. The number of nitrogens with two attached hydrogens (primary N) is 1. The molecule has 0 aliphatic carbocycles. The number of halogens is 3. The van der Waals surface area contributed by atoms with Gasteiger partial charge in [-0.1, -0.05) is 12.1 Å². The predicted octanol–water partition coefficient (Wildman–Crippen LogP) is 2.38. The number of carbonyl (C=O) groups is 1. The number of amides is 1. The van der Waals surface area contributed by atoms with Crippen LogP contribution in [0.5, 0.6) is 0 Å². The normalized spacial score (nSPS) is 13.5. The molecule has 0 aliphatic heterocycles. The maximum Gasteiger partial charge on any atom is 0.436 e. The van der Waals surface area contributed by atoms with Crippen molar-refractivity contribution in [3.8, 4) is 0 Å². The lowest BCUT2D eigenvalue weighted by Gasteiger charge is -2.19. The fourth-order valence-electron chi connectivity index (χ4n) is 1.99. The quantitative estimate of drug-likeness (QED) is 0.861. The number of hydrogen-bond acceptors (Lipinski definition) is 5. The third-order valence-electron chi connectivity index (χ3n) is 3.34. The summed E-state index contributed by atoms with van der Waals surface area (Å²) in [5.41, 5.74) is 4.36. The first-order chi connectivity index (χ1) is 11.4. The number of carbonyl (C=O) groups excluding carboxylic acids is 1. The Labute approximate surface area is 141 Å². The molecule has 0 aliphatic rings. The van der Waals surface area contributed by atoms with Crippen molar-refractivity contribution in [2.45, 2.75) is 19.0 Å². The second-order valence-corrected chi connectivity index (χ2v) is 7.09. The van der Waals surface area contributed by atoms with Crippen LogP contribution in [-0.4, -0.2) is 25.6 Å². The van der Waals surface area contributed by atoms with Crippen molar-refractivity contribution in [2.75, 3.05) is 10.6 Å². The second kappa shape index (κ2) is 6.39. The van der Waals surface area contributed by atoms with Crippen molar-refractivity contribution in [2.24, 2.45) is 5.73 Å². The lowest BCUT2D eigenvalue weighted by Crippen LogP contribution is -2.25. The predicted molar refractivity (Wildman–Crippen MR) is 82.5 cm³/mol. The Kier molecular flexibility index (Phi) is 4.80. The Hall–Kier alpha value is -2.56. The van der Waals surface area contributed by atoms with Gasteiger partial charge < -0.3 is 10.2 Å². The van der Waals surface area contributed by atoms with Gasteiger partial charge in [0, 0.05) is 0 Å². The van der Waals surface area contributed by atoms with Crippen LogP contribution in [0.1, 0.15) is 24.1 Å². The Morgan fingerprint density at radius 1 is 1.28 bits per heavy atom. The molecule has 0 saturated heterocycles. The molecule has 0 bridgehead atoms. The van der Waals surface area contributed by atoms with E-state index in [-0.39, 0.29) is 5.69 Å². The van der Waals surface area contributed by atoms with Gasteiger partial charge in [-0.25, -0.2) is 8.42 Å². The molecule has 2 N–H and O–H groups in total. The minimum Gasteiger partial charge on any atom is -0.430 e. The molecule has 136 valence electrons. The van der Waals surface area contributed by atoms with Gasteiger partial charge >= 0.3 is 12.2 Å². The van der Waals surface area contributed by atoms with Gasteiger partial charge in [-0.15, -0.1) is 0 Å². The van der Waals surface area contributed by atoms with Gasteiger partial charge in [0.25, 0.3) is 0 Å². The molecule has 11 heteroatoms. The molecule has 0 fully saturated rings. The van der Waals surface area contributed by atoms with Gasteiger partial charge in [0.05, 0.1) is 17.9 Å². The Morgan fingerprint density at radius 2 is 1.84 bits per heavy atom. The van der Waals surface area contributed by atoms with E-state index in [1.165, 1.54) is 24.3 Å². The molecule has 1 aromatic heterocycles. The summed E-state index contributed by atoms with van der Waals surface area (Å²) >= 11 is 0. The van der Waals surface area contributed by atoms with Crippen LogP contribution in [0.3, 0.4) is 0 Å². The van der Waals surface area contributed by atoms with E-state index >= 15 is 0 Å². The van der Waals surface area contributed by atoms with E-state index < -0.39 is 39.7 Å². The maximum absolute atomic E-state index is 12.6. The van der Waals surface area contributed by atoms with E-state index in [4.69, 9.17) is 10.2 Å². The number of sulfonamides is 1. The number of rotatable bonds is 5. The van der Waals surface area contributed by atoms with Gasteiger partial charge in [0.1, 0.15) is 6.26 Å². The summed E-state index contributed by atoms with van der Waals surface area (Å²) in [4.78, 5) is 14.4. The van der Waals surface area contributed by atoms with Crippen molar-refractivity contribution in [3.63, 3.8) is 0 Å². The summed E-state index contributed by atoms with van der Waals surface area (Å²) in [7, 11) is -4.03. The molecule has 0 unspecified atom stereocenters. The summed E-state index contributed by atoms with van der Waals surface area (Å²) in [6.07, 6.45) is -3.65. The molecule has 25 heavy (non-hydrogen) atoms. The van der Waals surface area contributed by atoms with Crippen molar-refractivity contribution >= 4 is 27.6 Å². The molecular formula is C14H14F3N3O4S. The highest BCUT2D eigenvalue weighted by atomic mass is 32.2. The summed E-state index contributed by atoms with van der Waals surface area (Å²) in [5.74, 6) is -1.19. The topological polar surface area (TPSA) is 106 Å². The standard InChI is InChI=1S/C14H14F3N3O4S/c1-8(12(18)21)9-3-5-10(6-4-9)20(25(2,22)23)13-19-11(7-24-13)14(15,16)17/h3-8H,1-2H3,(H2,18,21)/t8-/m0/s1. The molecular weight excluding hydrogens is 363 g/mol. The zero-order valence-corrected chi connectivity index (χ0v) is 13.9. The van der Waals surface area contributed by atoms with Crippen LogP contribution in [0.25, 0.3) is 0 Å². The fraction of sp³-hybridized carbons (Fsp3) is 0.286. The minimum atomic E-state index is -4.77. The van der Waals surface area contributed by atoms with Crippen LogP contribution in [0, 0.1) is 0 Å². The third-order valence-corrected chi connectivity index (χ3v) is 4.37. The summed E-state index contributed by atoms with van der Waals surface area (Å²) in [5, 5.41) is 0. The molecule has 0 radical (unpaired) electrons. The Balaban J connectivity index is 2.46. The second-order valence-electron chi connectivity index (χ2n) is 5.26. The van der Waals surface area contributed by atoms with E-state index in [0.717, 1.165) is 6.26 Å². The molecule has 2 aromatic rings. The number of nitrogens with zero attached hydrogens (tertiary/aromatic N) is 2. The number of primary amides is 1. The lowest BCUT2D eigenvalue weighted by atomic mass is 10.0. The first kappa shape index (κ1) is 18.8. The van der Waals surface area contributed by atoms with Crippen LogP contribution >= 0.6 is 0 Å². The van der Waals surface area contributed by atoms with Crippen molar-refractivity contribution in [1.29, 1.82) is 0 Å². The van der Waals surface area contributed by atoms with E-state index in [2.05, 4.69) is 4.98 Å². The molecule has 7 nitrogen and oxygen atoms in total. The Morgan fingerprint density at radius 3 is 2.24 bits per heavy atom. The van der Waals surface area contributed by atoms with Crippen LogP contribution in [0.2, 0.25) is 0 Å². The van der Waals surface area contributed by atoms with Gasteiger partial charge in [-0.2, -0.15) is 22.5 Å². The highest BCUT2D eigenvalue weighted by Gasteiger charge is 2.37. The number of oxazole rings is 1.